The molecule has 2 amide bonds. The van der Waals surface area contributed by atoms with Gasteiger partial charge in [-0.15, -0.1) is 0 Å². The van der Waals surface area contributed by atoms with Gasteiger partial charge in [-0.2, -0.15) is 0 Å². The second-order valence-corrected chi connectivity index (χ2v) is 6.29. The van der Waals surface area contributed by atoms with E-state index in [4.69, 9.17) is 4.74 Å². The van der Waals surface area contributed by atoms with Crippen LogP contribution in [0.1, 0.15) is 50.6 Å². The van der Waals surface area contributed by atoms with Crippen LogP contribution in [0.25, 0.3) is 0 Å². The summed E-state index contributed by atoms with van der Waals surface area (Å²) in [6.07, 6.45) is 4.97. The maximum atomic E-state index is 13.2. The predicted molar refractivity (Wildman–Crippen MR) is 86.5 cm³/mol. The van der Waals surface area contributed by atoms with Crippen molar-refractivity contribution in [2.24, 2.45) is 0 Å². The van der Waals surface area contributed by atoms with Crippen LogP contribution in [0.15, 0.2) is 35.5 Å². The molecule has 0 saturated heterocycles. The summed E-state index contributed by atoms with van der Waals surface area (Å²) >= 11 is 0. The quantitative estimate of drug-likeness (QED) is 0.834. The molecule has 24 heavy (non-hydrogen) atoms. The number of halogens is 1. The number of nitrogens with one attached hydrogen (secondary N) is 2. The summed E-state index contributed by atoms with van der Waals surface area (Å²) in [6, 6.07) is 4.71. The van der Waals surface area contributed by atoms with E-state index in [9.17, 15) is 14.0 Å². The van der Waals surface area contributed by atoms with E-state index < -0.39 is 18.0 Å². The van der Waals surface area contributed by atoms with Gasteiger partial charge in [0, 0.05) is 5.70 Å². The molecule has 0 radical (unpaired) electrons. The van der Waals surface area contributed by atoms with Gasteiger partial charge in [-0.1, -0.05) is 18.6 Å². The van der Waals surface area contributed by atoms with Crippen molar-refractivity contribution in [3.63, 3.8) is 0 Å². The van der Waals surface area contributed by atoms with Gasteiger partial charge in [0.2, 0.25) is 0 Å². The lowest BCUT2D eigenvalue weighted by Crippen LogP contribution is -2.45. The first-order valence-electron chi connectivity index (χ1n) is 8.29. The molecular formula is C18H21FN2O3. The Hall–Kier alpha value is -2.37. The van der Waals surface area contributed by atoms with E-state index in [0.717, 1.165) is 25.7 Å². The normalized spacial score (nSPS) is 21.9. The Kier molecular flexibility index (Phi) is 4.83. The van der Waals surface area contributed by atoms with Crippen LogP contribution in [0.5, 0.6) is 0 Å². The summed E-state index contributed by atoms with van der Waals surface area (Å²) in [7, 11) is 0. The van der Waals surface area contributed by atoms with Gasteiger partial charge in [-0.05, 0) is 50.3 Å². The van der Waals surface area contributed by atoms with Crippen LogP contribution >= 0.6 is 0 Å². The standard InChI is InChI=1S/C18H21FN2O3/c1-11-15(17(22)24-14-5-3-2-4-6-14)16(21-18(23)20-11)12-7-9-13(19)10-8-12/h7-10,14,16H,2-6H2,1H3,(H2,20,21,23)/t16-/m1/s1. The highest BCUT2D eigenvalue weighted by atomic mass is 19.1. The van der Waals surface area contributed by atoms with E-state index in [-0.39, 0.29) is 11.9 Å². The molecule has 1 aliphatic carbocycles. The monoisotopic (exact) mass is 332 g/mol. The van der Waals surface area contributed by atoms with Crippen molar-refractivity contribution < 1.29 is 18.7 Å². The number of allylic oxidation sites excluding steroid dienone is 1. The van der Waals surface area contributed by atoms with Crippen molar-refractivity contribution in [2.45, 2.75) is 51.2 Å². The first-order valence-corrected chi connectivity index (χ1v) is 8.29. The van der Waals surface area contributed by atoms with Crippen LogP contribution in [0.2, 0.25) is 0 Å². The number of esters is 1. The molecule has 0 spiro atoms. The van der Waals surface area contributed by atoms with E-state index in [1.807, 2.05) is 0 Å². The Labute approximate surface area is 140 Å². The van der Waals surface area contributed by atoms with Gasteiger partial charge in [0.15, 0.2) is 0 Å². The molecular weight excluding hydrogens is 311 g/mol. The minimum absolute atomic E-state index is 0.0713. The third-order valence-corrected chi connectivity index (χ3v) is 4.52. The van der Waals surface area contributed by atoms with Crippen molar-refractivity contribution in [1.29, 1.82) is 0 Å². The van der Waals surface area contributed by atoms with Gasteiger partial charge in [0.05, 0.1) is 11.6 Å². The molecule has 128 valence electrons. The SMILES string of the molecule is CC1=C(C(=O)OC2CCCCC2)[C@@H](c2ccc(F)cc2)NC(=O)N1. The zero-order valence-corrected chi connectivity index (χ0v) is 13.6. The Morgan fingerprint density at radius 3 is 2.50 bits per heavy atom. The number of carbonyl (C=O) groups is 2. The highest BCUT2D eigenvalue weighted by Crippen LogP contribution is 2.29. The Morgan fingerprint density at radius 2 is 1.83 bits per heavy atom. The van der Waals surface area contributed by atoms with Crippen molar-refractivity contribution in [2.75, 3.05) is 0 Å². The van der Waals surface area contributed by atoms with Crippen molar-refractivity contribution in [1.82, 2.24) is 10.6 Å². The zero-order valence-electron chi connectivity index (χ0n) is 13.6. The Morgan fingerprint density at radius 1 is 1.17 bits per heavy atom. The molecule has 3 rings (SSSR count). The predicted octanol–water partition coefficient (Wildman–Crippen LogP) is 3.33. The van der Waals surface area contributed by atoms with Crippen LogP contribution in [-0.4, -0.2) is 18.1 Å². The van der Waals surface area contributed by atoms with E-state index in [1.54, 1.807) is 19.1 Å². The third kappa shape index (κ3) is 3.58. The van der Waals surface area contributed by atoms with Gasteiger partial charge < -0.3 is 15.4 Å². The molecule has 0 unspecified atom stereocenters. The summed E-state index contributed by atoms with van der Waals surface area (Å²) < 4.78 is 18.8. The van der Waals surface area contributed by atoms with Gasteiger partial charge in [-0.3, -0.25) is 0 Å². The Balaban J connectivity index is 1.85. The first kappa shape index (κ1) is 16.5. The summed E-state index contributed by atoms with van der Waals surface area (Å²) in [4.78, 5) is 24.5. The number of carbonyl (C=O) groups excluding carboxylic acids is 2. The molecule has 1 aromatic rings. The second-order valence-electron chi connectivity index (χ2n) is 6.29. The van der Waals surface area contributed by atoms with Crippen LogP contribution in [0, 0.1) is 5.82 Å². The van der Waals surface area contributed by atoms with E-state index >= 15 is 0 Å². The van der Waals surface area contributed by atoms with Gasteiger partial charge in [0.1, 0.15) is 11.9 Å². The van der Waals surface area contributed by atoms with Crippen LogP contribution in [-0.2, 0) is 9.53 Å². The fourth-order valence-corrected chi connectivity index (χ4v) is 3.27. The zero-order chi connectivity index (χ0) is 17.1. The van der Waals surface area contributed by atoms with E-state index in [2.05, 4.69) is 10.6 Å². The molecule has 0 bridgehead atoms. The molecule has 0 aromatic heterocycles. The molecule has 6 heteroatoms. The topological polar surface area (TPSA) is 67.4 Å². The summed E-state index contributed by atoms with van der Waals surface area (Å²) in [5, 5.41) is 5.33. The molecule has 1 atom stereocenters. The number of rotatable bonds is 3. The van der Waals surface area contributed by atoms with Crippen LogP contribution < -0.4 is 10.6 Å². The largest absolute Gasteiger partial charge is 0.459 e. The summed E-state index contributed by atoms with van der Waals surface area (Å²) in [6.45, 7) is 1.67. The molecule has 1 saturated carbocycles. The maximum Gasteiger partial charge on any atom is 0.338 e. The fourth-order valence-electron chi connectivity index (χ4n) is 3.27. The van der Waals surface area contributed by atoms with E-state index in [0.29, 0.717) is 16.8 Å². The first-order chi connectivity index (χ1) is 11.5. The molecule has 2 aliphatic rings. The molecule has 1 aromatic carbocycles. The number of ether oxygens (including phenoxy) is 1. The highest BCUT2D eigenvalue weighted by molar-refractivity contribution is 5.95. The minimum atomic E-state index is -0.643. The number of hydrogen-bond donors (Lipinski definition) is 2. The second kappa shape index (κ2) is 7.03. The number of urea groups is 1. The van der Waals surface area contributed by atoms with E-state index in [1.165, 1.54) is 18.6 Å². The number of benzene rings is 1. The molecule has 2 N–H and O–H groups in total. The molecule has 1 heterocycles. The Bertz CT molecular complexity index is 663. The molecule has 1 aliphatic heterocycles. The highest BCUT2D eigenvalue weighted by Gasteiger charge is 2.33. The molecule has 1 fully saturated rings. The van der Waals surface area contributed by atoms with Gasteiger partial charge in [0.25, 0.3) is 0 Å². The average molecular weight is 332 g/mol. The van der Waals surface area contributed by atoms with Crippen LogP contribution in [0.3, 0.4) is 0 Å². The molecule has 5 nitrogen and oxygen atoms in total. The lowest BCUT2D eigenvalue weighted by molar-refractivity contribution is -0.146. The lowest BCUT2D eigenvalue weighted by atomic mass is 9.94. The number of hydrogen-bond acceptors (Lipinski definition) is 3. The van der Waals surface area contributed by atoms with Crippen molar-refractivity contribution in [3.8, 4) is 0 Å². The summed E-state index contributed by atoms with van der Waals surface area (Å²) in [5.41, 5.74) is 1.47. The number of amides is 2. The third-order valence-electron chi connectivity index (χ3n) is 4.52. The fraction of sp³-hybridized carbons (Fsp3) is 0.444. The minimum Gasteiger partial charge on any atom is -0.459 e. The average Bonchev–Trinajstić information content (AvgIpc) is 2.55. The van der Waals surface area contributed by atoms with Gasteiger partial charge in [-0.25, -0.2) is 14.0 Å². The smallest absolute Gasteiger partial charge is 0.338 e. The summed E-state index contributed by atoms with van der Waals surface area (Å²) in [5.74, 6) is -0.799. The van der Waals surface area contributed by atoms with Crippen LogP contribution in [0.4, 0.5) is 9.18 Å². The van der Waals surface area contributed by atoms with Crippen molar-refractivity contribution >= 4 is 12.0 Å². The maximum absolute atomic E-state index is 13.2. The van der Waals surface area contributed by atoms with Crippen molar-refractivity contribution in [3.05, 3.63) is 46.9 Å². The van der Waals surface area contributed by atoms with Gasteiger partial charge >= 0.3 is 12.0 Å². The lowest BCUT2D eigenvalue weighted by Gasteiger charge is -2.30.